The third-order valence-corrected chi connectivity index (χ3v) is 5.71. The van der Waals surface area contributed by atoms with Crippen LogP contribution in [0.4, 0.5) is 0 Å². The highest BCUT2D eigenvalue weighted by molar-refractivity contribution is 9.14. The van der Waals surface area contributed by atoms with Crippen molar-refractivity contribution in [3.63, 3.8) is 0 Å². The van der Waals surface area contributed by atoms with Crippen molar-refractivity contribution < 1.29 is 4.74 Å². The summed E-state index contributed by atoms with van der Waals surface area (Å²) in [5.74, 6) is 0.838. The van der Waals surface area contributed by atoms with Gasteiger partial charge in [0.2, 0.25) is 0 Å². The topological polar surface area (TPSA) is 9.23 Å². The number of rotatable bonds is 4. The molecule has 0 radical (unpaired) electrons. The van der Waals surface area contributed by atoms with Crippen molar-refractivity contribution in [3.05, 3.63) is 24.0 Å². The molecule has 1 rings (SSSR count). The molecule has 0 unspecified atom stereocenters. The molecule has 0 saturated carbocycles. The second-order valence-electron chi connectivity index (χ2n) is 3.00. The molecule has 1 nitrogen and oxygen atoms in total. The Labute approximate surface area is 123 Å². The summed E-state index contributed by atoms with van der Waals surface area (Å²) in [6.07, 6.45) is 2.19. The van der Waals surface area contributed by atoms with E-state index in [0.29, 0.717) is 0 Å². The van der Waals surface area contributed by atoms with Gasteiger partial charge in [0, 0.05) is 8.95 Å². The SMILES string of the molecule is CCCCOc1c(Br)c(Br)cc(Br)c1Br. The average Bonchev–Trinajstić information content (AvgIpc) is 2.20. The van der Waals surface area contributed by atoms with Gasteiger partial charge in [-0.3, -0.25) is 0 Å². The van der Waals surface area contributed by atoms with Crippen molar-refractivity contribution in [1.29, 1.82) is 0 Å². The molecule has 15 heavy (non-hydrogen) atoms. The van der Waals surface area contributed by atoms with Crippen LogP contribution in [0, 0.1) is 0 Å². The highest BCUT2D eigenvalue weighted by Crippen LogP contribution is 2.43. The zero-order valence-electron chi connectivity index (χ0n) is 8.12. The van der Waals surface area contributed by atoms with E-state index in [0.717, 1.165) is 43.1 Å². The smallest absolute Gasteiger partial charge is 0.149 e. The first-order chi connectivity index (χ1) is 7.07. The summed E-state index contributed by atoms with van der Waals surface area (Å²) in [6.45, 7) is 2.88. The Bertz CT molecular complexity index is 326. The predicted molar refractivity (Wildman–Crippen MR) is 77.6 cm³/mol. The number of ether oxygens (including phenoxy) is 1. The number of hydrogen-bond acceptors (Lipinski definition) is 1. The van der Waals surface area contributed by atoms with Gasteiger partial charge in [0.25, 0.3) is 0 Å². The molecule has 0 amide bonds. The van der Waals surface area contributed by atoms with E-state index in [2.05, 4.69) is 70.6 Å². The zero-order valence-corrected chi connectivity index (χ0v) is 14.5. The summed E-state index contributed by atoms with van der Waals surface area (Å²) in [6, 6.07) is 1.97. The summed E-state index contributed by atoms with van der Waals surface area (Å²) in [5, 5.41) is 0. The van der Waals surface area contributed by atoms with E-state index < -0.39 is 0 Å². The van der Waals surface area contributed by atoms with E-state index >= 15 is 0 Å². The lowest BCUT2D eigenvalue weighted by molar-refractivity contribution is 0.305. The Kier molecular flexibility index (Phi) is 6.18. The van der Waals surface area contributed by atoms with Crippen LogP contribution in [0.25, 0.3) is 0 Å². The largest absolute Gasteiger partial charge is 0.491 e. The molecular weight excluding hydrogens is 456 g/mol. The van der Waals surface area contributed by atoms with Gasteiger partial charge in [-0.25, -0.2) is 0 Å². The normalized spacial score (nSPS) is 10.5. The van der Waals surface area contributed by atoms with Crippen molar-refractivity contribution >= 4 is 63.7 Å². The highest BCUT2D eigenvalue weighted by Gasteiger charge is 2.13. The Balaban J connectivity index is 2.94. The van der Waals surface area contributed by atoms with E-state index in [1.807, 2.05) is 6.07 Å². The van der Waals surface area contributed by atoms with Gasteiger partial charge in [0.05, 0.1) is 15.6 Å². The predicted octanol–water partition coefficient (Wildman–Crippen LogP) is 5.92. The van der Waals surface area contributed by atoms with Gasteiger partial charge in [-0.2, -0.15) is 0 Å². The Morgan fingerprint density at radius 2 is 1.60 bits per heavy atom. The van der Waals surface area contributed by atoms with E-state index in [1.54, 1.807) is 0 Å². The van der Waals surface area contributed by atoms with Crippen LogP contribution in [0.5, 0.6) is 5.75 Å². The van der Waals surface area contributed by atoms with Gasteiger partial charge in [-0.05, 0) is 76.2 Å². The van der Waals surface area contributed by atoms with Gasteiger partial charge >= 0.3 is 0 Å². The molecule has 0 atom stereocenters. The fraction of sp³-hybridized carbons (Fsp3) is 0.400. The summed E-state index contributed by atoms with van der Waals surface area (Å²) in [7, 11) is 0. The summed E-state index contributed by atoms with van der Waals surface area (Å²) in [5.41, 5.74) is 0. The van der Waals surface area contributed by atoms with Crippen LogP contribution in [-0.4, -0.2) is 6.61 Å². The minimum Gasteiger partial charge on any atom is -0.491 e. The molecule has 84 valence electrons. The highest BCUT2D eigenvalue weighted by atomic mass is 79.9. The van der Waals surface area contributed by atoms with Crippen molar-refractivity contribution in [1.82, 2.24) is 0 Å². The fourth-order valence-corrected chi connectivity index (χ4v) is 3.24. The van der Waals surface area contributed by atoms with Crippen molar-refractivity contribution in [2.24, 2.45) is 0 Å². The van der Waals surface area contributed by atoms with E-state index in [4.69, 9.17) is 4.74 Å². The molecule has 0 heterocycles. The minimum absolute atomic E-state index is 0.733. The molecule has 5 heteroatoms. The zero-order chi connectivity index (χ0) is 11.4. The van der Waals surface area contributed by atoms with Gasteiger partial charge in [0.15, 0.2) is 0 Å². The molecule has 0 bridgehead atoms. The molecule has 0 aliphatic heterocycles. The lowest BCUT2D eigenvalue weighted by Gasteiger charge is -2.12. The van der Waals surface area contributed by atoms with Crippen molar-refractivity contribution in [2.45, 2.75) is 19.8 Å². The molecule has 0 fully saturated rings. The number of benzene rings is 1. The van der Waals surface area contributed by atoms with Gasteiger partial charge < -0.3 is 4.74 Å². The van der Waals surface area contributed by atoms with Crippen LogP contribution in [0.1, 0.15) is 19.8 Å². The van der Waals surface area contributed by atoms with Crippen molar-refractivity contribution in [2.75, 3.05) is 6.61 Å². The number of halogens is 4. The molecular formula is C10H10Br4O. The third-order valence-electron chi connectivity index (χ3n) is 1.82. The first-order valence-corrected chi connectivity index (χ1v) is 7.71. The number of hydrogen-bond donors (Lipinski definition) is 0. The van der Waals surface area contributed by atoms with E-state index in [1.165, 1.54) is 0 Å². The molecule has 1 aromatic rings. The van der Waals surface area contributed by atoms with E-state index in [9.17, 15) is 0 Å². The van der Waals surface area contributed by atoms with Crippen LogP contribution < -0.4 is 4.74 Å². The van der Waals surface area contributed by atoms with Crippen LogP contribution in [0.3, 0.4) is 0 Å². The second kappa shape index (κ2) is 6.62. The average molecular weight is 466 g/mol. The summed E-state index contributed by atoms with van der Waals surface area (Å²) >= 11 is 13.9. The molecule has 0 aliphatic carbocycles. The Hall–Kier alpha value is 0.940. The molecule has 0 spiro atoms. The maximum Gasteiger partial charge on any atom is 0.149 e. The van der Waals surface area contributed by atoms with E-state index in [-0.39, 0.29) is 0 Å². The lowest BCUT2D eigenvalue weighted by atomic mass is 10.3. The molecule has 0 N–H and O–H groups in total. The molecule has 0 aromatic heterocycles. The quantitative estimate of drug-likeness (QED) is 0.396. The maximum atomic E-state index is 5.72. The number of unbranched alkanes of at least 4 members (excludes halogenated alkanes) is 1. The first kappa shape index (κ1) is 14.0. The Morgan fingerprint density at radius 1 is 1.07 bits per heavy atom. The molecule has 1 aromatic carbocycles. The fourth-order valence-electron chi connectivity index (χ4n) is 0.997. The van der Waals surface area contributed by atoms with Gasteiger partial charge in [-0.15, -0.1) is 0 Å². The van der Waals surface area contributed by atoms with Crippen LogP contribution in [-0.2, 0) is 0 Å². The van der Waals surface area contributed by atoms with Gasteiger partial charge in [-0.1, -0.05) is 13.3 Å². The first-order valence-electron chi connectivity index (χ1n) is 4.53. The van der Waals surface area contributed by atoms with Crippen LogP contribution >= 0.6 is 63.7 Å². The monoisotopic (exact) mass is 462 g/mol. The third kappa shape index (κ3) is 3.72. The lowest BCUT2D eigenvalue weighted by Crippen LogP contribution is -1.98. The molecule has 0 saturated heterocycles. The molecule has 0 aliphatic rings. The van der Waals surface area contributed by atoms with Crippen molar-refractivity contribution in [3.8, 4) is 5.75 Å². The second-order valence-corrected chi connectivity index (χ2v) is 6.29. The standard InChI is InChI=1S/C10H10Br4O/c1-2-3-4-15-10-8(13)6(11)5-7(12)9(10)14/h5H,2-4H2,1H3. The van der Waals surface area contributed by atoms with Gasteiger partial charge in [0.1, 0.15) is 5.75 Å². The van der Waals surface area contributed by atoms with Crippen LogP contribution in [0.2, 0.25) is 0 Å². The maximum absolute atomic E-state index is 5.72. The minimum atomic E-state index is 0.733. The van der Waals surface area contributed by atoms with Crippen LogP contribution in [0.15, 0.2) is 24.0 Å². The summed E-state index contributed by atoms with van der Waals surface area (Å²) in [4.78, 5) is 0. The summed E-state index contributed by atoms with van der Waals surface area (Å²) < 4.78 is 9.55. The Morgan fingerprint density at radius 3 is 2.07 bits per heavy atom.